The molecule has 28 heavy (non-hydrogen) atoms. The molecule has 0 saturated carbocycles. The number of carbonyl (C=O) groups is 2. The number of esters is 1. The molecule has 8 heteroatoms. The third kappa shape index (κ3) is 5.40. The molecule has 3 aromatic rings. The molecule has 0 fully saturated rings. The molecule has 2 aromatic carbocycles. The van der Waals surface area contributed by atoms with Crippen LogP contribution in [0.1, 0.15) is 12.0 Å². The van der Waals surface area contributed by atoms with E-state index < -0.39 is 24.3 Å². The first-order chi connectivity index (χ1) is 13.5. The molecule has 6 nitrogen and oxygen atoms in total. The Hall–Kier alpha value is -3.19. The normalized spacial score (nSPS) is 10.5. The van der Waals surface area contributed by atoms with Crippen molar-refractivity contribution in [1.82, 2.24) is 9.78 Å². The number of amides is 1. The molecule has 3 rings (SSSR count). The van der Waals surface area contributed by atoms with Gasteiger partial charge >= 0.3 is 5.97 Å². The van der Waals surface area contributed by atoms with Crippen LogP contribution in [0.25, 0.3) is 5.69 Å². The third-order valence-corrected chi connectivity index (χ3v) is 4.16. The average Bonchev–Trinajstić information content (AvgIpc) is 3.17. The molecule has 0 atom stereocenters. The molecule has 1 amide bonds. The van der Waals surface area contributed by atoms with Crippen molar-refractivity contribution in [3.05, 3.63) is 77.3 Å². The second kappa shape index (κ2) is 9.14. The van der Waals surface area contributed by atoms with E-state index in [0.717, 1.165) is 17.3 Å². The number of nitrogens with zero attached hydrogens (tertiary/aromatic N) is 2. The Morgan fingerprint density at radius 3 is 2.71 bits per heavy atom. The van der Waals surface area contributed by atoms with Crippen molar-refractivity contribution in [2.45, 2.75) is 12.8 Å². The van der Waals surface area contributed by atoms with Gasteiger partial charge in [-0.2, -0.15) is 5.10 Å². The smallest absolute Gasteiger partial charge is 0.306 e. The largest absolute Gasteiger partial charge is 0.456 e. The molecule has 1 N–H and O–H groups in total. The summed E-state index contributed by atoms with van der Waals surface area (Å²) in [6.45, 7) is -0.449. The number of hydrogen-bond acceptors (Lipinski definition) is 4. The van der Waals surface area contributed by atoms with E-state index in [0.29, 0.717) is 6.42 Å². The molecule has 0 unspecified atom stereocenters. The molecule has 0 bridgehead atoms. The van der Waals surface area contributed by atoms with E-state index in [4.69, 9.17) is 16.3 Å². The van der Waals surface area contributed by atoms with Gasteiger partial charge in [0.15, 0.2) is 6.61 Å². The van der Waals surface area contributed by atoms with E-state index in [9.17, 15) is 14.0 Å². The fraction of sp³-hybridized carbons (Fsp3) is 0.150. The van der Waals surface area contributed by atoms with Crippen LogP contribution >= 0.6 is 11.6 Å². The Labute approximate surface area is 165 Å². The van der Waals surface area contributed by atoms with Gasteiger partial charge in [-0.1, -0.05) is 29.8 Å². The standard InChI is InChI=1S/C20H17ClFN3O3/c21-17-10-15(22)7-8-18(17)24-19(26)13-28-20(27)9-6-14-11-23-25(12-14)16-4-2-1-3-5-16/h1-5,7-8,10-12H,6,9,13H2,(H,24,26). The second-order valence-electron chi connectivity index (χ2n) is 5.96. The Bertz CT molecular complexity index is 976. The summed E-state index contributed by atoms with van der Waals surface area (Å²) in [4.78, 5) is 23.7. The van der Waals surface area contributed by atoms with Crippen LogP contribution in [0.4, 0.5) is 10.1 Å². The minimum absolute atomic E-state index is 0.0649. The number of ether oxygens (including phenoxy) is 1. The van der Waals surface area contributed by atoms with Gasteiger partial charge in [-0.3, -0.25) is 9.59 Å². The Balaban J connectivity index is 1.43. The molecule has 0 radical (unpaired) electrons. The van der Waals surface area contributed by atoms with Crippen LogP contribution < -0.4 is 5.32 Å². The molecule has 0 spiro atoms. The van der Waals surface area contributed by atoms with Crippen molar-refractivity contribution < 1.29 is 18.7 Å². The summed E-state index contributed by atoms with van der Waals surface area (Å²) in [5.74, 6) is -1.57. The minimum Gasteiger partial charge on any atom is -0.456 e. The van der Waals surface area contributed by atoms with Crippen molar-refractivity contribution in [2.24, 2.45) is 0 Å². The molecule has 0 saturated heterocycles. The quantitative estimate of drug-likeness (QED) is 0.611. The predicted molar refractivity (Wildman–Crippen MR) is 103 cm³/mol. The van der Waals surface area contributed by atoms with Crippen molar-refractivity contribution >= 4 is 29.2 Å². The highest BCUT2D eigenvalue weighted by molar-refractivity contribution is 6.33. The summed E-state index contributed by atoms with van der Waals surface area (Å²) in [6.07, 6.45) is 4.08. The first-order valence-electron chi connectivity index (χ1n) is 8.51. The highest BCUT2D eigenvalue weighted by Gasteiger charge is 2.11. The topological polar surface area (TPSA) is 73.2 Å². The number of para-hydroxylation sites is 1. The van der Waals surface area contributed by atoms with E-state index in [2.05, 4.69) is 10.4 Å². The first kappa shape index (κ1) is 19.6. The van der Waals surface area contributed by atoms with Gasteiger partial charge in [-0.15, -0.1) is 0 Å². The van der Waals surface area contributed by atoms with E-state index >= 15 is 0 Å². The zero-order valence-corrected chi connectivity index (χ0v) is 15.5. The Kier molecular flexibility index (Phi) is 6.39. The number of nitrogens with one attached hydrogen (secondary N) is 1. The summed E-state index contributed by atoms with van der Waals surface area (Å²) in [7, 11) is 0. The lowest BCUT2D eigenvalue weighted by Gasteiger charge is -2.08. The summed E-state index contributed by atoms with van der Waals surface area (Å²) < 4.78 is 19.7. The first-order valence-corrected chi connectivity index (χ1v) is 8.88. The molecular weight excluding hydrogens is 385 g/mol. The van der Waals surface area contributed by atoms with E-state index in [1.54, 1.807) is 10.9 Å². The van der Waals surface area contributed by atoms with Gasteiger partial charge in [0.05, 0.1) is 22.6 Å². The van der Waals surface area contributed by atoms with Crippen LogP contribution in [0.3, 0.4) is 0 Å². The van der Waals surface area contributed by atoms with Crippen LogP contribution in [-0.4, -0.2) is 28.3 Å². The lowest BCUT2D eigenvalue weighted by Crippen LogP contribution is -2.21. The number of aromatic nitrogens is 2. The van der Waals surface area contributed by atoms with E-state index in [1.807, 2.05) is 36.5 Å². The predicted octanol–water partition coefficient (Wildman–Crippen LogP) is 3.78. The van der Waals surface area contributed by atoms with E-state index in [1.165, 1.54) is 12.1 Å². The van der Waals surface area contributed by atoms with Crippen molar-refractivity contribution in [3.8, 4) is 5.69 Å². The lowest BCUT2D eigenvalue weighted by atomic mass is 10.2. The van der Waals surface area contributed by atoms with E-state index in [-0.39, 0.29) is 17.1 Å². The van der Waals surface area contributed by atoms with Crippen molar-refractivity contribution in [2.75, 3.05) is 11.9 Å². The molecule has 0 aliphatic heterocycles. The Morgan fingerprint density at radius 1 is 1.18 bits per heavy atom. The van der Waals surface area contributed by atoms with Gasteiger partial charge in [0, 0.05) is 12.6 Å². The average molecular weight is 402 g/mol. The lowest BCUT2D eigenvalue weighted by molar-refractivity contribution is -0.147. The molecular formula is C20H17ClFN3O3. The number of benzene rings is 2. The van der Waals surface area contributed by atoms with Crippen LogP contribution in [-0.2, 0) is 20.7 Å². The zero-order chi connectivity index (χ0) is 19.9. The molecule has 144 valence electrons. The van der Waals surface area contributed by atoms with Gasteiger partial charge in [-0.25, -0.2) is 9.07 Å². The highest BCUT2D eigenvalue weighted by Crippen LogP contribution is 2.22. The van der Waals surface area contributed by atoms with Gasteiger partial charge in [0.2, 0.25) is 0 Å². The van der Waals surface area contributed by atoms with Gasteiger partial charge < -0.3 is 10.1 Å². The summed E-state index contributed by atoms with van der Waals surface area (Å²) in [5.41, 5.74) is 2.05. The number of rotatable bonds is 7. The number of aryl methyl sites for hydroxylation is 1. The number of carbonyl (C=O) groups excluding carboxylic acids is 2. The maximum absolute atomic E-state index is 13.0. The van der Waals surface area contributed by atoms with Crippen LogP contribution in [0, 0.1) is 5.82 Å². The fourth-order valence-corrected chi connectivity index (χ4v) is 2.67. The number of hydrogen-bond donors (Lipinski definition) is 1. The molecule has 0 aliphatic rings. The van der Waals surface area contributed by atoms with Crippen molar-refractivity contribution in [3.63, 3.8) is 0 Å². The van der Waals surface area contributed by atoms with Crippen molar-refractivity contribution in [1.29, 1.82) is 0 Å². The second-order valence-corrected chi connectivity index (χ2v) is 6.37. The molecule has 0 aliphatic carbocycles. The molecule has 1 aromatic heterocycles. The van der Waals surface area contributed by atoms with Crippen LogP contribution in [0.15, 0.2) is 60.9 Å². The zero-order valence-electron chi connectivity index (χ0n) is 14.8. The number of anilines is 1. The minimum atomic E-state index is -0.557. The van der Waals surface area contributed by atoms with Crippen LogP contribution in [0.2, 0.25) is 5.02 Å². The molecule has 1 heterocycles. The maximum Gasteiger partial charge on any atom is 0.306 e. The SMILES string of the molecule is O=C(COC(=O)CCc1cnn(-c2ccccc2)c1)Nc1ccc(F)cc1Cl. The van der Waals surface area contributed by atoms with Gasteiger partial charge in [-0.05, 0) is 42.3 Å². The maximum atomic E-state index is 13.0. The summed E-state index contributed by atoms with van der Waals surface area (Å²) in [6, 6.07) is 13.2. The van der Waals surface area contributed by atoms with Gasteiger partial charge in [0.25, 0.3) is 5.91 Å². The fourth-order valence-electron chi connectivity index (χ4n) is 2.45. The summed E-state index contributed by atoms with van der Waals surface area (Å²) >= 11 is 5.83. The third-order valence-electron chi connectivity index (χ3n) is 3.84. The monoisotopic (exact) mass is 401 g/mol. The highest BCUT2D eigenvalue weighted by atomic mass is 35.5. The Morgan fingerprint density at radius 2 is 1.96 bits per heavy atom. The summed E-state index contributed by atoms with van der Waals surface area (Å²) in [5, 5.41) is 6.79. The van der Waals surface area contributed by atoms with Gasteiger partial charge in [0.1, 0.15) is 5.82 Å². The van der Waals surface area contributed by atoms with Crippen LogP contribution in [0.5, 0.6) is 0 Å². The number of halogens is 2.